The predicted molar refractivity (Wildman–Crippen MR) is 74.4 cm³/mol. The molecule has 2 aliphatic rings. The Morgan fingerprint density at radius 2 is 2.14 bits per heavy atom. The smallest absolute Gasteiger partial charge is 0.248 e. The molecule has 2 fully saturated rings. The molecule has 120 valence electrons. The second-order valence-electron chi connectivity index (χ2n) is 6.00. The van der Waals surface area contributed by atoms with Crippen molar-refractivity contribution >= 4 is 17.5 Å². The highest BCUT2D eigenvalue weighted by Gasteiger charge is 2.39. The van der Waals surface area contributed by atoms with Crippen LogP contribution in [-0.4, -0.2) is 40.5 Å². The highest BCUT2D eigenvalue weighted by molar-refractivity contribution is 6.00. The van der Waals surface area contributed by atoms with E-state index in [0.29, 0.717) is 12.2 Å². The Balaban J connectivity index is 1.54. The van der Waals surface area contributed by atoms with Crippen LogP contribution >= 0.6 is 0 Å². The number of anilines is 1. The van der Waals surface area contributed by atoms with E-state index in [4.69, 9.17) is 0 Å². The zero-order valence-electron chi connectivity index (χ0n) is 12.0. The first-order chi connectivity index (χ1) is 10.4. The number of rotatable bonds is 3. The number of hydrogen-bond donors (Lipinski definition) is 2. The van der Waals surface area contributed by atoms with Crippen LogP contribution in [0.4, 0.5) is 14.5 Å². The van der Waals surface area contributed by atoms with Crippen molar-refractivity contribution in [1.82, 2.24) is 15.5 Å². The van der Waals surface area contributed by atoms with Gasteiger partial charge in [-0.3, -0.25) is 14.7 Å². The van der Waals surface area contributed by atoms with Gasteiger partial charge < -0.3 is 10.2 Å². The van der Waals surface area contributed by atoms with Crippen LogP contribution in [0.25, 0.3) is 0 Å². The summed E-state index contributed by atoms with van der Waals surface area (Å²) >= 11 is 0. The molecule has 1 aromatic rings. The molecule has 1 saturated heterocycles. The van der Waals surface area contributed by atoms with Gasteiger partial charge in [0.05, 0.1) is 17.8 Å². The number of carbonyl (C=O) groups is 2. The van der Waals surface area contributed by atoms with Gasteiger partial charge in [0.1, 0.15) is 0 Å². The Hall–Kier alpha value is -1.99. The minimum absolute atomic E-state index is 0.128. The zero-order valence-corrected chi connectivity index (χ0v) is 12.0. The standard InChI is InChI=1S/C14H18F2N4O2/c15-14(16)3-1-10(2-4-14)19-13(22)9-5-12(21)20(8-9)11-6-17-18-7-11/h6-7,9-10H,1-5,8H2,(H,17,18)(H,19,22). The number of H-pyrrole nitrogens is 1. The molecule has 0 radical (unpaired) electrons. The lowest BCUT2D eigenvalue weighted by atomic mass is 9.92. The molecule has 1 aliphatic carbocycles. The monoisotopic (exact) mass is 312 g/mol. The molecule has 0 spiro atoms. The van der Waals surface area contributed by atoms with Crippen LogP contribution in [0.1, 0.15) is 32.1 Å². The summed E-state index contributed by atoms with van der Waals surface area (Å²) in [4.78, 5) is 25.7. The molecule has 22 heavy (non-hydrogen) atoms. The van der Waals surface area contributed by atoms with Crippen molar-refractivity contribution in [3.05, 3.63) is 12.4 Å². The number of hydrogen-bond acceptors (Lipinski definition) is 3. The molecule has 2 N–H and O–H groups in total. The summed E-state index contributed by atoms with van der Waals surface area (Å²) in [5, 5.41) is 9.23. The molecule has 6 nitrogen and oxygen atoms in total. The van der Waals surface area contributed by atoms with Crippen molar-refractivity contribution in [2.75, 3.05) is 11.4 Å². The quantitative estimate of drug-likeness (QED) is 0.887. The van der Waals surface area contributed by atoms with Crippen LogP contribution < -0.4 is 10.2 Å². The van der Waals surface area contributed by atoms with E-state index in [0.717, 1.165) is 0 Å². The molecule has 1 aliphatic heterocycles. The number of halogens is 2. The second-order valence-corrected chi connectivity index (χ2v) is 6.00. The van der Waals surface area contributed by atoms with Gasteiger partial charge in [0.15, 0.2) is 0 Å². The van der Waals surface area contributed by atoms with Gasteiger partial charge in [0, 0.05) is 38.0 Å². The highest BCUT2D eigenvalue weighted by Crippen LogP contribution is 2.33. The molecule has 2 amide bonds. The van der Waals surface area contributed by atoms with Crippen molar-refractivity contribution in [3.63, 3.8) is 0 Å². The molecule has 1 saturated carbocycles. The molecule has 1 atom stereocenters. The lowest BCUT2D eigenvalue weighted by molar-refractivity contribution is -0.127. The predicted octanol–water partition coefficient (Wildman–Crippen LogP) is 1.46. The largest absolute Gasteiger partial charge is 0.353 e. The van der Waals surface area contributed by atoms with E-state index in [2.05, 4.69) is 15.5 Å². The summed E-state index contributed by atoms with van der Waals surface area (Å²) in [5.74, 6) is -3.40. The van der Waals surface area contributed by atoms with E-state index in [1.54, 1.807) is 6.20 Å². The van der Waals surface area contributed by atoms with E-state index in [-0.39, 0.29) is 50.0 Å². The molecular formula is C14H18F2N4O2. The molecule has 0 aromatic carbocycles. The Bertz CT molecular complexity index is 551. The Morgan fingerprint density at radius 1 is 1.41 bits per heavy atom. The number of amides is 2. The summed E-state index contributed by atoms with van der Waals surface area (Å²) in [6.07, 6.45) is 3.45. The summed E-state index contributed by atoms with van der Waals surface area (Å²) in [5.41, 5.74) is 0.637. The van der Waals surface area contributed by atoms with Crippen LogP contribution in [-0.2, 0) is 9.59 Å². The van der Waals surface area contributed by atoms with Crippen LogP contribution in [0.2, 0.25) is 0 Å². The maximum Gasteiger partial charge on any atom is 0.248 e. The van der Waals surface area contributed by atoms with Crippen molar-refractivity contribution in [3.8, 4) is 0 Å². The van der Waals surface area contributed by atoms with Gasteiger partial charge in [-0.1, -0.05) is 0 Å². The summed E-state index contributed by atoms with van der Waals surface area (Å²) in [6, 6.07) is -0.217. The topological polar surface area (TPSA) is 78.1 Å². The highest BCUT2D eigenvalue weighted by atomic mass is 19.3. The van der Waals surface area contributed by atoms with Crippen molar-refractivity contribution < 1.29 is 18.4 Å². The fourth-order valence-electron chi connectivity index (χ4n) is 3.03. The van der Waals surface area contributed by atoms with Gasteiger partial charge in [0.25, 0.3) is 0 Å². The van der Waals surface area contributed by atoms with Crippen molar-refractivity contribution in [2.24, 2.45) is 5.92 Å². The third kappa shape index (κ3) is 3.10. The maximum absolute atomic E-state index is 13.1. The molecule has 0 bridgehead atoms. The normalized spacial score (nSPS) is 25.5. The third-order valence-electron chi connectivity index (χ3n) is 4.35. The fourth-order valence-corrected chi connectivity index (χ4v) is 3.03. The van der Waals surface area contributed by atoms with E-state index >= 15 is 0 Å². The third-order valence-corrected chi connectivity index (χ3v) is 4.35. The Morgan fingerprint density at radius 3 is 2.77 bits per heavy atom. The SMILES string of the molecule is O=C(NC1CCC(F)(F)CC1)C1CC(=O)N(c2cn[nH]c2)C1. The van der Waals surface area contributed by atoms with E-state index < -0.39 is 11.8 Å². The number of alkyl halides is 2. The van der Waals surface area contributed by atoms with E-state index in [1.807, 2.05) is 0 Å². The first-order valence-electron chi connectivity index (χ1n) is 7.42. The first kappa shape index (κ1) is 14.9. The lowest BCUT2D eigenvalue weighted by Crippen LogP contribution is -2.43. The molecule has 1 unspecified atom stereocenters. The number of nitrogens with zero attached hydrogens (tertiary/aromatic N) is 2. The van der Waals surface area contributed by atoms with Crippen LogP contribution in [0.3, 0.4) is 0 Å². The molecule has 2 heterocycles. The molecule has 1 aromatic heterocycles. The lowest BCUT2D eigenvalue weighted by Gasteiger charge is -2.29. The summed E-state index contributed by atoms with van der Waals surface area (Å²) < 4.78 is 26.2. The molecular weight excluding hydrogens is 294 g/mol. The van der Waals surface area contributed by atoms with Gasteiger partial charge in [-0.2, -0.15) is 5.10 Å². The van der Waals surface area contributed by atoms with E-state index in [1.165, 1.54) is 11.1 Å². The summed E-state index contributed by atoms with van der Waals surface area (Å²) in [6.45, 7) is 0.299. The Labute approximate surface area is 126 Å². The molecule has 8 heteroatoms. The van der Waals surface area contributed by atoms with Crippen molar-refractivity contribution in [1.29, 1.82) is 0 Å². The first-order valence-corrected chi connectivity index (χ1v) is 7.42. The minimum Gasteiger partial charge on any atom is -0.353 e. The van der Waals surface area contributed by atoms with Gasteiger partial charge in [-0.25, -0.2) is 8.78 Å². The number of aromatic nitrogens is 2. The average Bonchev–Trinajstić information content (AvgIpc) is 3.10. The van der Waals surface area contributed by atoms with Gasteiger partial charge in [0.2, 0.25) is 17.7 Å². The van der Waals surface area contributed by atoms with Crippen LogP contribution in [0, 0.1) is 5.92 Å². The molecule has 3 rings (SSSR count). The van der Waals surface area contributed by atoms with Gasteiger partial charge in [-0.15, -0.1) is 0 Å². The summed E-state index contributed by atoms with van der Waals surface area (Å²) in [7, 11) is 0. The number of aromatic amines is 1. The van der Waals surface area contributed by atoms with Crippen molar-refractivity contribution in [2.45, 2.75) is 44.1 Å². The van der Waals surface area contributed by atoms with Crippen LogP contribution in [0.5, 0.6) is 0 Å². The van der Waals surface area contributed by atoms with E-state index in [9.17, 15) is 18.4 Å². The Kier molecular flexibility index (Phi) is 3.84. The number of nitrogens with one attached hydrogen (secondary N) is 2. The minimum atomic E-state index is -2.61. The van der Waals surface area contributed by atoms with Gasteiger partial charge in [-0.05, 0) is 12.8 Å². The zero-order chi connectivity index (χ0) is 15.7. The number of carbonyl (C=O) groups excluding carboxylic acids is 2. The van der Waals surface area contributed by atoms with Gasteiger partial charge >= 0.3 is 0 Å². The van der Waals surface area contributed by atoms with Crippen LogP contribution in [0.15, 0.2) is 12.4 Å². The maximum atomic E-state index is 13.1. The average molecular weight is 312 g/mol. The fraction of sp³-hybridized carbons (Fsp3) is 0.643. The second kappa shape index (κ2) is 5.66.